The van der Waals surface area contributed by atoms with Crippen molar-refractivity contribution in [3.8, 4) is 0 Å². The molecular formula is C23H46N4O3. The number of ether oxygens (including phenoxy) is 1. The molecule has 7 nitrogen and oxygen atoms in total. The number of carbonyl (C=O) groups excluding carboxylic acids is 1. The zero-order valence-corrected chi connectivity index (χ0v) is 20.2. The summed E-state index contributed by atoms with van der Waals surface area (Å²) in [6.07, 6.45) is 5.76. The number of nitrogens with zero attached hydrogens (tertiary/aromatic N) is 2. The van der Waals surface area contributed by atoms with Gasteiger partial charge in [0.15, 0.2) is 5.96 Å². The number of rotatable bonds is 10. The van der Waals surface area contributed by atoms with Crippen molar-refractivity contribution in [3.63, 3.8) is 0 Å². The van der Waals surface area contributed by atoms with E-state index in [-0.39, 0.29) is 18.1 Å². The molecular weight excluding hydrogens is 380 g/mol. The van der Waals surface area contributed by atoms with Gasteiger partial charge in [0.2, 0.25) is 0 Å². The molecule has 0 aromatic heterocycles. The summed E-state index contributed by atoms with van der Waals surface area (Å²) in [4.78, 5) is 19.0. The van der Waals surface area contributed by atoms with E-state index < -0.39 is 5.60 Å². The van der Waals surface area contributed by atoms with Gasteiger partial charge in [-0.3, -0.25) is 4.99 Å². The molecule has 1 atom stereocenters. The van der Waals surface area contributed by atoms with Gasteiger partial charge in [-0.1, -0.05) is 13.8 Å². The van der Waals surface area contributed by atoms with Gasteiger partial charge in [0.1, 0.15) is 5.60 Å². The average molecular weight is 427 g/mol. The lowest BCUT2D eigenvalue weighted by Gasteiger charge is -2.34. The molecule has 1 fully saturated rings. The smallest absolute Gasteiger partial charge is 0.410 e. The Hall–Kier alpha value is -1.50. The van der Waals surface area contributed by atoms with E-state index in [1.54, 1.807) is 0 Å². The standard InChI is InChI=1S/C23H46N4O3/c1-7-23(8-2,13-16-28)18-26-20(24-9-3)25-14-12-19-11-10-15-27(17-19)21(29)30-22(4,5)6/h19,28H,7-18H2,1-6H3,(H2,24,25,26). The molecule has 1 unspecified atom stereocenters. The van der Waals surface area contributed by atoms with Crippen LogP contribution >= 0.6 is 0 Å². The first-order chi connectivity index (χ1) is 14.2. The van der Waals surface area contributed by atoms with Gasteiger partial charge in [0.25, 0.3) is 0 Å². The van der Waals surface area contributed by atoms with Gasteiger partial charge in [-0.05, 0) is 77.6 Å². The molecule has 0 radical (unpaired) electrons. The van der Waals surface area contributed by atoms with Crippen LogP contribution in [0, 0.1) is 11.3 Å². The molecule has 1 saturated heterocycles. The molecule has 3 N–H and O–H groups in total. The van der Waals surface area contributed by atoms with Crippen LogP contribution in [0.25, 0.3) is 0 Å². The molecule has 1 aliphatic rings. The maximum atomic E-state index is 12.4. The molecule has 0 spiro atoms. The Labute approximate surface area is 184 Å². The molecule has 1 heterocycles. The third-order valence-electron chi connectivity index (χ3n) is 6.07. The van der Waals surface area contributed by atoms with E-state index in [1.165, 1.54) is 0 Å². The summed E-state index contributed by atoms with van der Waals surface area (Å²) in [7, 11) is 0. The van der Waals surface area contributed by atoms with Crippen LogP contribution in [-0.2, 0) is 4.74 Å². The van der Waals surface area contributed by atoms with Crippen molar-refractivity contribution in [2.24, 2.45) is 16.3 Å². The number of hydrogen-bond acceptors (Lipinski definition) is 4. The number of nitrogens with one attached hydrogen (secondary N) is 2. The highest BCUT2D eigenvalue weighted by Gasteiger charge is 2.28. The Balaban J connectivity index is 2.56. The lowest BCUT2D eigenvalue weighted by atomic mass is 9.79. The summed E-state index contributed by atoms with van der Waals surface area (Å²) in [5, 5.41) is 16.2. The van der Waals surface area contributed by atoms with Crippen LogP contribution in [0.3, 0.4) is 0 Å². The summed E-state index contributed by atoms with van der Waals surface area (Å²) in [5.74, 6) is 1.31. The number of likely N-dealkylation sites (tertiary alicyclic amines) is 1. The van der Waals surface area contributed by atoms with Crippen molar-refractivity contribution in [2.45, 2.75) is 85.7 Å². The quantitative estimate of drug-likeness (QED) is 0.366. The summed E-state index contributed by atoms with van der Waals surface area (Å²) in [6, 6.07) is 0. The van der Waals surface area contributed by atoms with Gasteiger partial charge < -0.3 is 25.4 Å². The highest BCUT2D eigenvalue weighted by Crippen LogP contribution is 2.30. The number of aliphatic hydroxyl groups excluding tert-OH is 1. The Morgan fingerprint density at radius 1 is 1.20 bits per heavy atom. The van der Waals surface area contributed by atoms with Crippen molar-refractivity contribution in [1.29, 1.82) is 0 Å². The van der Waals surface area contributed by atoms with Crippen LogP contribution in [0.15, 0.2) is 4.99 Å². The van der Waals surface area contributed by atoms with E-state index in [1.807, 2.05) is 25.7 Å². The predicted molar refractivity (Wildman–Crippen MR) is 124 cm³/mol. The van der Waals surface area contributed by atoms with E-state index in [9.17, 15) is 9.90 Å². The molecule has 1 aliphatic heterocycles. The van der Waals surface area contributed by atoms with Gasteiger partial charge in [0, 0.05) is 39.3 Å². The molecule has 0 aromatic carbocycles. The van der Waals surface area contributed by atoms with Crippen LogP contribution in [0.2, 0.25) is 0 Å². The third kappa shape index (κ3) is 9.54. The summed E-state index contributed by atoms with van der Waals surface area (Å²) < 4.78 is 5.53. The molecule has 0 bridgehead atoms. The van der Waals surface area contributed by atoms with Crippen LogP contribution in [0.5, 0.6) is 0 Å². The zero-order valence-electron chi connectivity index (χ0n) is 20.2. The minimum absolute atomic E-state index is 0.0639. The highest BCUT2D eigenvalue weighted by atomic mass is 16.6. The second kappa shape index (κ2) is 13.0. The van der Waals surface area contributed by atoms with Crippen molar-refractivity contribution >= 4 is 12.1 Å². The van der Waals surface area contributed by atoms with E-state index in [2.05, 4.69) is 31.4 Å². The second-order valence-electron chi connectivity index (χ2n) is 9.53. The van der Waals surface area contributed by atoms with Gasteiger partial charge in [-0.25, -0.2) is 4.79 Å². The Bertz CT molecular complexity index is 527. The van der Waals surface area contributed by atoms with Gasteiger partial charge in [-0.15, -0.1) is 0 Å². The predicted octanol–water partition coefficient (Wildman–Crippen LogP) is 3.77. The number of hydrogen-bond donors (Lipinski definition) is 3. The van der Waals surface area contributed by atoms with E-state index in [0.29, 0.717) is 12.5 Å². The van der Waals surface area contributed by atoms with Crippen molar-refractivity contribution in [1.82, 2.24) is 15.5 Å². The number of aliphatic imine (C=N–C) groups is 1. The van der Waals surface area contributed by atoms with Crippen molar-refractivity contribution in [2.75, 3.05) is 39.3 Å². The lowest BCUT2D eigenvalue weighted by Crippen LogP contribution is -2.44. The van der Waals surface area contributed by atoms with E-state index >= 15 is 0 Å². The lowest BCUT2D eigenvalue weighted by molar-refractivity contribution is 0.0162. The topological polar surface area (TPSA) is 86.2 Å². The highest BCUT2D eigenvalue weighted by molar-refractivity contribution is 5.79. The molecule has 176 valence electrons. The normalized spacial score (nSPS) is 18.3. The van der Waals surface area contributed by atoms with Gasteiger partial charge in [0.05, 0.1) is 0 Å². The molecule has 0 aromatic rings. The molecule has 0 aliphatic carbocycles. The van der Waals surface area contributed by atoms with Crippen molar-refractivity contribution in [3.05, 3.63) is 0 Å². The number of amides is 1. The summed E-state index contributed by atoms with van der Waals surface area (Å²) >= 11 is 0. The monoisotopic (exact) mass is 426 g/mol. The van der Waals surface area contributed by atoms with Crippen LogP contribution < -0.4 is 10.6 Å². The van der Waals surface area contributed by atoms with E-state index in [4.69, 9.17) is 9.73 Å². The number of aliphatic hydroxyl groups is 1. The maximum absolute atomic E-state index is 12.4. The Morgan fingerprint density at radius 3 is 2.47 bits per heavy atom. The molecule has 7 heteroatoms. The molecule has 30 heavy (non-hydrogen) atoms. The molecule has 1 rings (SSSR count). The van der Waals surface area contributed by atoms with Crippen LogP contribution in [-0.4, -0.2) is 67.0 Å². The number of guanidine groups is 1. The second-order valence-corrected chi connectivity index (χ2v) is 9.53. The number of carbonyl (C=O) groups is 1. The summed E-state index contributed by atoms with van der Waals surface area (Å²) in [5.41, 5.74) is -0.389. The van der Waals surface area contributed by atoms with Gasteiger partial charge in [-0.2, -0.15) is 0 Å². The zero-order chi connectivity index (χ0) is 22.6. The molecule has 0 saturated carbocycles. The first-order valence-electron chi connectivity index (χ1n) is 11.8. The fraction of sp³-hybridized carbons (Fsp3) is 0.913. The maximum Gasteiger partial charge on any atom is 0.410 e. The Kier molecular flexibility index (Phi) is 11.5. The SMILES string of the molecule is CCNC(=NCC(CC)(CC)CCO)NCCC1CCCN(C(=O)OC(C)(C)C)C1. The number of piperidine rings is 1. The van der Waals surface area contributed by atoms with Crippen LogP contribution in [0.4, 0.5) is 4.79 Å². The fourth-order valence-electron chi connectivity index (χ4n) is 3.92. The largest absolute Gasteiger partial charge is 0.444 e. The molecule has 1 amide bonds. The average Bonchev–Trinajstić information content (AvgIpc) is 2.70. The summed E-state index contributed by atoms with van der Waals surface area (Å²) in [6.45, 7) is 16.2. The van der Waals surface area contributed by atoms with E-state index in [0.717, 1.165) is 70.7 Å². The first kappa shape index (κ1) is 26.5. The van der Waals surface area contributed by atoms with Crippen molar-refractivity contribution < 1.29 is 14.6 Å². The first-order valence-corrected chi connectivity index (χ1v) is 11.8. The third-order valence-corrected chi connectivity index (χ3v) is 6.07. The van der Waals surface area contributed by atoms with Gasteiger partial charge >= 0.3 is 6.09 Å². The minimum atomic E-state index is -0.453. The Morgan fingerprint density at radius 2 is 1.90 bits per heavy atom. The van der Waals surface area contributed by atoms with Crippen LogP contribution in [0.1, 0.15) is 80.1 Å². The minimum Gasteiger partial charge on any atom is -0.444 e. The fourth-order valence-corrected chi connectivity index (χ4v) is 3.92.